The number of benzene rings is 2. The molecule has 25 heavy (non-hydrogen) atoms. The maximum absolute atomic E-state index is 3.76. The molecule has 0 amide bonds. The Morgan fingerprint density at radius 3 is 2.68 bits per heavy atom. The standard InChI is InChI=1S/C22H27N3/c1-17(20-15-24(2)22-11-7-6-10-19(20)22)21-16-25(13-12-23-21)14-18-8-4-3-5-9-18/h3-11,15,17,21,23H,12-14,16H2,1-2H3/t17-,21+/m1/s1. The number of para-hydroxylation sites is 1. The van der Waals surface area contributed by atoms with Crippen LogP contribution in [0.5, 0.6) is 0 Å². The van der Waals surface area contributed by atoms with Gasteiger partial charge in [-0.3, -0.25) is 4.90 Å². The first-order chi connectivity index (χ1) is 12.2. The van der Waals surface area contributed by atoms with Gasteiger partial charge in [-0.15, -0.1) is 0 Å². The van der Waals surface area contributed by atoms with Crippen molar-refractivity contribution in [3.8, 4) is 0 Å². The molecule has 2 aromatic carbocycles. The summed E-state index contributed by atoms with van der Waals surface area (Å²) in [5.41, 5.74) is 4.18. The quantitative estimate of drug-likeness (QED) is 0.784. The van der Waals surface area contributed by atoms with Crippen LogP contribution in [0.2, 0.25) is 0 Å². The van der Waals surface area contributed by atoms with Gasteiger partial charge < -0.3 is 9.88 Å². The number of aromatic nitrogens is 1. The van der Waals surface area contributed by atoms with Crippen LogP contribution in [0.15, 0.2) is 60.8 Å². The number of piperazine rings is 1. The Kier molecular flexibility index (Phi) is 4.60. The smallest absolute Gasteiger partial charge is 0.0480 e. The molecule has 130 valence electrons. The Hall–Kier alpha value is -2.10. The van der Waals surface area contributed by atoms with E-state index in [-0.39, 0.29) is 0 Å². The van der Waals surface area contributed by atoms with Crippen molar-refractivity contribution in [2.24, 2.45) is 7.05 Å². The third kappa shape index (κ3) is 3.35. The van der Waals surface area contributed by atoms with Gasteiger partial charge in [-0.2, -0.15) is 0 Å². The SMILES string of the molecule is C[C@H](c1cn(C)c2ccccc12)[C@@H]1CN(Cc2ccccc2)CCN1. The first-order valence-electron chi connectivity index (χ1n) is 9.26. The molecule has 1 N–H and O–H groups in total. The molecule has 1 aliphatic heterocycles. The fourth-order valence-corrected chi connectivity index (χ4v) is 4.11. The van der Waals surface area contributed by atoms with Crippen molar-refractivity contribution in [1.82, 2.24) is 14.8 Å². The Morgan fingerprint density at radius 1 is 1.08 bits per heavy atom. The van der Waals surface area contributed by atoms with Crippen molar-refractivity contribution in [2.45, 2.75) is 25.4 Å². The van der Waals surface area contributed by atoms with Crippen LogP contribution in [-0.4, -0.2) is 35.1 Å². The van der Waals surface area contributed by atoms with Gasteiger partial charge in [0.25, 0.3) is 0 Å². The van der Waals surface area contributed by atoms with Crippen LogP contribution in [0.25, 0.3) is 10.9 Å². The Morgan fingerprint density at radius 2 is 1.84 bits per heavy atom. The van der Waals surface area contributed by atoms with Crippen LogP contribution in [0.3, 0.4) is 0 Å². The first-order valence-corrected chi connectivity index (χ1v) is 9.26. The van der Waals surface area contributed by atoms with E-state index in [9.17, 15) is 0 Å². The van der Waals surface area contributed by atoms with Crippen molar-refractivity contribution in [3.63, 3.8) is 0 Å². The lowest BCUT2D eigenvalue weighted by molar-refractivity contribution is 0.180. The van der Waals surface area contributed by atoms with Gasteiger partial charge in [-0.1, -0.05) is 55.5 Å². The number of nitrogens with one attached hydrogen (secondary N) is 1. The minimum atomic E-state index is 0.489. The van der Waals surface area contributed by atoms with Crippen LogP contribution < -0.4 is 5.32 Å². The average molecular weight is 333 g/mol. The van der Waals surface area contributed by atoms with E-state index in [0.29, 0.717) is 12.0 Å². The topological polar surface area (TPSA) is 20.2 Å². The highest BCUT2D eigenvalue weighted by Crippen LogP contribution is 2.30. The molecule has 2 heterocycles. The average Bonchev–Trinajstić information content (AvgIpc) is 2.99. The zero-order valence-corrected chi connectivity index (χ0v) is 15.2. The van der Waals surface area contributed by atoms with Crippen molar-refractivity contribution >= 4 is 10.9 Å². The molecule has 0 unspecified atom stereocenters. The van der Waals surface area contributed by atoms with Gasteiger partial charge in [0, 0.05) is 56.4 Å². The molecule has 3 nitrogen and oxygen atoms in total. The number of hydrogen-bond acceptors (Lipinski definition) is 2. The van der Waals surface area contributed by atoms with Crippen LogP contribution in [0, 0.1) is 0 Å². The highest BCUT2D eigenvalue weighted by atomic mass is 15.2. The molecular weight excluding hydrogens is 306 g/mol. The lowest BCUT2D eigenvalue weighted by atomic mass is 9.91. The molecule has 3 heteroatoms. The van der Waals surface area contributed by atoms with Crippen molar-refractivity contribution in [2.75, 3.05) is 19.6 Å². The number of nitrogens with zero attached hydrogens (tertiary/aromatic N) is 2. The van der Waals surface area contributed by atoms with E-state index in [1.807, 2.05) is 0 Å². The normalized spacial score (nSPS) is 20.0. The van der Waals surface area contributed by atoms with Gasteiger partial charge in [0.2, 0.25) is 0 Å². The minimum Gasteiger partial charge on any atom is -0.350 e. The van der Waals surface area contributed by atoms with Gasteiger partial charge in [0.15, 0.2) is 0 Å². The summed E-state index contributed by atoms with van der Waals surface area (Å²) in [5.74, 6) is 0.490. The summed E-state index contributed by atoms with van der Waals surface area (Å²) < 4.78 is 2.26. The van der Waals surface area contributed by atoms with Crippen molar-refractivity contribution in [1.29, 1.82) is 0 Å². The van der Waals surface area contributed by atoms with Gasteiger partial charge in [0.1, 0.15) is 0 Å². The Bertz CT molecular complexity index is 837. The molecule has 1 aromatic heterocycles. The maximum Gasteiger partial charge on any atom is 0.0480 e. The Labute approximate surface area is 150 Å². The molecule has 0 saturated carbocycles. The lowest BCUT2D eigenvalue weighted by Crippen LogP contribution is -2.52. The third-order valence-corrected chi connectivity index (χ3v) is 5.56. The molecule has 0 spiro atoms. The molecule has 0 aliphatic carbocycles. The zero-order valence-electron chi connectivity index (χ0n) is 15.2. The second-order valence-electron chi connectivity index (χ2n) is 7.28. The summed E-state index contributed by atoms with van der Waals surface area (Å²) in [6, 6.07) is 20.0. The van der Waals surface area contributed by atoms with E-state index < -0.39 is 0 Å². The molecular formula is C22H27N3. The highest BCUT2D eigenvalue weighted by Gasteiger charge is 2.27. The van der Waals surface area contributed by atoms with Gasteiger partial charge in [-0.25, -0.2) is 0 Å². The van der Waals surface area contributed by atoms with Crippen LogP contribution in [0.4, 0.5) is 0 Å². The van der Waals surface area contributed by atoms with Crippen molar-refractivity contribution < 1.29 is 0 Å². The number of rotatable bonds is 4. The molecule has 2 atom stereocenters. The maximum atomic E-state index is 3.76. The molecule has 0 bridgehead atoms. The molecule has 3 aromatic rings. The summed E-state index contributed by atoms with van der Waals surface area (Å²) >= 11 is 0. The number of hydrogen-bond donors (Lipinski definition) is 1. The molecule has 0 radical (unpaired) electrons. The van der Waals surface area contributed by atoms with E-state index in [1.165, 1.54) is 22.0 Å². The van der Waals surface area contributed by atoms with Crippen LogP contribution >= 0.6 is 0 Å². The van der Waals surface area contributed by atoms with Crippen LogP contribution in [0.1, 0.15) is 24.0 Å². The first kappa shape index (κ1) is 16.4. The van der Waals surface area contributed by atoms with E-state index in [1.54, 1.807) is 0 Å². The summed E-state index contributed by atoms with van der Waals surface area (Å²) in [4.78, 5) is 2.58. The van der Waals surface area contributed by atoms with Gasteiger partial charge in [-0.05, 0) is 23.1 Å². The predicted molar refractivity (Wildman–Crippen MR) is 105 cm³/mol. The summed E-state index contributed by atoms with van der Waals surface area (Å²) in [5, 5.41) is 5.14. The lowest BCUT2D eigenvalue weighted by Gasteiger charge is -2.36. The van der Waals surface area contributed by atoms with E-state index >= 15 is 0 Å². The zero-order chi connectivity index (χ0) is 17.2. The summed E-state index contributed by atoms with van der Waals surface area (Å²) in [7, 11) is 2.15. The second-order valence-corrected chi connectivity index (χ2v) is 7.28. The molecule has 1 saturated heterocycles. The van der Waals surface area contributed by atoms with Crippen molar-refractivity contribution in [3.05, 3.63) is 71.9 Å². The summed E-state index contributed by atoms with van der Waals surface area (Å²) in [6.07, 6.45) is 2.31. The second kappa shape index (κ2) is 7.03. The third-order valence-electron chi connectivity index (χ3n) is 5.56. The largest absolute Gasteiger partial charge is 0.350 e. The highest BCUT2D eigenvalue weighted by molar-refractivity contribution is 5.84. The monoisotopic (exact) mass is 333 g/mol. The predicted octanol–water partition coefficient (Wildman–Crippen LogP) is 3.76. The Balaban J connectivity index is 1.52. The summed E-state index contributed by atoms with van der Waals surface area (Å²) in [6.45, 7) is 6.69. The van der Waals surface area contributed by atoms with Gasteiger partial charge >= 0.3 is 0 Å². The van der Waals surface area contributed by atoms with E-state index in [4.69, 9.17) is 0 Å². The molecule has 1 fully saturated rings. The molecule has 4 rings (SSSR count). The fraction of sp³-hybridized carbons (Fsp3) is 0.364. The number of aryl methyl sites for hydroxylation is 1. The van der Waals surface area contributed by atoms with E-state index in [0.717, 1.165) is 26.2 Å². The molecule has 1 aliphatic rings. The van der Waals surface area contributed by atoms with Gasteiger partial charge in [0.05, 0.1) is 0 Å². The number of fused-ring (bicyclic) bond motifs is 1. The minimum absolute atomic E-state index is 0.489. The van der Waals surface area contributed by atoms with E-state index in [2.05, 4.69) is 89.5 Å². The fourth-order valence-electron chi connectivity index (χ4n) is 4.11. The van der Waals surface area contributed by atoms with Crippen LogP contribution in [-0.2, 0) is 13.6 Å².